The molecule has 0 aromatic carbocycles. The third kappa shape index (κ3) is 4.73. The van der Waals surface area contributed by atoms with Crippen LogP contribution in [0.5, 0.6) is 0 Å². The average Bonchev–Trinajstić information content (AvgIpc) is 2.38. The van der Waals surface area contributed by atoms with E-state index in [1.54, 1.807) is 0 Å². The van der Waals surface area contributed by atoms with Gasteiger partial charge in [-0.3, -0.25) is 9.69 Å². The maximum atomic E-state index is 11.9. The van der Waals surface area contributed by atoms with Gasteiger partial charge in [-0.2, -0.15) is 0 Å². The quantitative estimate of drug-likeness (QED) is 0.729. The zero-order valence-electron chi connectivity index (χ0n) is 12.4. The van der Waals surface area contributed by atoms with E-state index in [4.69, 9.17) is 18.0 Å². The van der Waals surface area contributed by atoms with Crippen LogP contribution in [-0.4, -0.2) is 41.5 Å². The van der Waals surface area contributed by atoms with Crippen LogP contribution in [0.4, 0.5) is 0 Å². The fraction of sp³-hybridized carbons (Fsp3) is 0.857. The minimum atomic E-state index is -0.0301. The minimum Gasteiger partial charge on any atom is -0.393 e. The molecule has 1 aliphatic heterocycles. The van der Waals surface area contributed by atoms with Gasteiger partial charge in [0, 0.05) is 11.5 Å². The molecule has 19 heavy (non-hydrogen) atoms. The monoisotopic (exact) mass is 285 g/mol. The first-order valence-corrected chi connectivity index (χ1v) is 7.63. The summed E-state index contributed by atoms with van der Waals surface area (Å²) in [5.74, 6) is 0.132. The number of likely N-dealkylation sites (tertiary alicyclic amines) is 1. The van der Waals surface area contributed by atoms with Gasteiger partial charge in [0.25, 0.3) is 0 Å². The average molecular weight is 285 g/mol. The van der Waals surface area contributed by atoms with Crippen LogP contribution in [0.15, 0.2) is 0 Å². The van der Waals surface area contributed by atoms with E-state index in [2.05, 4.69) is 31.0 Å². The van der Waals surface area contributed by atoms with Crippen LogP contribution < -0.4 is 11.1 Å². The number of carbonyl (C=O) groups is 1. The molecule has 1 fully saturated rings. The lowest BCUT2D eigenvalue weighted by molar-refractivity contribution is -0.123. The maximum absolute atomic E-state index is 11.9. The van der Waals surface area contributed by atoms with Gasteiger partial charge in [-0.15, -0.1) is 0 Å². The summed E-state index contributed by atoms with van der Waals surface area (Å²) in [5, 5.41) is 3.08. The van der Waals surface area contributed by atoms with Crippen LogP contribution in [0, 0.1) is 5.41 Å². The molecule has 0 unspecified atom stereocenters. The SMILES string of the molecule is CCC(CC)NC(=O)CN1CCC(C)(C(N)=S)CC1. The maximum Gasteiger partial charge on any atom is 0.234 e. The molecule has 0 aliphatic carbocycles. The van der Waals surface area contributed by atoms with Crippen molar-refractivity contribution in [3.05, 3.63) is 0 Å². The number of nitrogens with zero attached hydrogens (tertiary/aromatic N) is 1. The zero-order valence-corrected chi connectivity index (χ0v) is 13.2. The van der Waals surface area contributed by atoms with Crippen LogP contribution >= 0.6 is 12.2 Å². The van der Waals surface area contributed by atoms with E-state index in [-0.39, 0.29) is 11.3 Å². The second-order valence-electron chi connectivity index (χ2n) is 5.78. The van der Waals surface area contributed by atoms with Crippen molar-refractivity contribution in [3.63, 3.8) is 0 Å². The normalized spacial score (nSPS) is 19.4. The number of rotatable bonds is 6. The summed E-state index contributed by atoms with van der Waals surface area (Å²) in [7, 11) is 0. The second kappa shape index (κ2) is 7.20. The van der Waals surface area contributed by atoms with Crippen LogP contribution in [0.2, 0.25) is 0 Å². The lowest BCUT2D eigenvalue weighted by Crippen LogP contribution is -2.48. The Balaban J connectivity index is 2.37. The number of hydrogen-bond acceptors (Lipinski definition) is 3. The number of piperidine rings is 1. The molecule has 0 spiro atoms. The molecule has 1 aliphatic rings. The van der Waals surface area contributed by atoms with Crippen molar-refractivity contribution in [1.29, 1.82) is 0 Å². The van der Waals surface area contributed by atoms with Crippen molar-refractivity contribution in [1.82, 2.24) is 10.2 Å². The van der Waals surface area contributed by atoms with Gasteiger partial charge >= 0.3 is 0 Å². The predicted molar refractivity (Wildman–Crippen MR) is 83.1 cm³/mol. The highest BCUT2D eigenvalue weighted by atomic mass is 32.1. The van der Waals surface area contributed by atoms with Crippen molar-refractivity contribution in [2.24, 2.45) is 11.1 Å². The minimum absolute atomic E-state index is 0.0301. The molecule has 1 saturated heterocycles. The van der Waals surface area contributed by atoms with Crippen molar-refractivity contribution in [2.75, 3.05) is 19.6 Å². The molecule has 1 rings (SSSR count). The summed E-state index contributed by atoms with van der Waals surface area (Å²) in [4.78, 5) is 14.7. The number of amides is 1. The molecule has 4 nitrogen and oxygen atoms in total. The Labute approximate surface area is 122 Å². The molecule has 3 N–H and O–H groups in total. The Morgan fingerprint density at radius 1 is 1.37 bits per heavy atom. The van der Waals surface area contributed by atoms with E-state index in [1.165, 1.54) is 0 Å². The summed E-state index contributed by atoms with van der Waals surface area (Å²) in [6.07, 6.45) is 3.87. The first-order valence-electron chi connectivity index (χ1n) is 7.23. The van der Waals surface area contributed by atoms with Gasteiger partial charge in [0.15, 0.2) is 0 Å². The van der Waals surface area contributed by atoms with Crippen LogP contribution in [-0.2, 0) is 4.79 Å². The Bertz CT molecular complexity index is 321. The van der Waals surface area contributed by atoms with Crippen molar-refractivity contribution < 1.29 is 4.79 Å². The fourth-order valence-corrected chi connectivity index (χ4v) is 2.62. The number of nitrogens with two attached hydrogens (primary N) is 1. The standard InChI is InChI=1S/C14H27N3OS/c1-4-11(5-2)16-12(18)10-17-8-6-14(3,7-9-17)13(15)19/h11H,4-10H2,1-3H3,(H2,15,19)(H,16,18). The Kier molecular flexibility index (Phi) is 6.20. The first-order chi connectivity index (χ1) is 8.91. The van der Waals surface area contributed by atoms with Gasteiger partial charge < -0.3 is 11.1 Å². The topological polar surface area (TPSA) is 58.4 Å². The van der Waals surface area contributed by atoms with Crippen molar-refractivity contribution in [2.45, 2.75) is 52.5 Å². The van der Waals surface area contributed by atoms with E-state index in [0.717, 1.165) is 38.8 Å². The molecule has 5 heteroatoms. The highest BCUT2D eigenvalue weighted by molar-refractivity contribution is 7.80. The number of carbonyl (C=O) groups excluding carboxylic acids is 1. The van der Waals surface area contributed by atoms with Crippen LogP contribution in [0.3, 0.4) is 0 Å². The van der Waals surface area contributed by atoms with E-state index < -0.39 is 0 Å². The molecule has 0 aromatic heterocycles. The second-order valence-corrected chi connectivity index (χ2v) is 6.22. The third-order valence-electron chi connectivity index (χ3n) is 4.27. The summed E-state index contributed by atoms with van der Waals surface area (Å²) in [6, 6.07) is 0.305. The molecular formula is C14H27N3OS. The van der Waals surface area contributed by atoms with Gasteiger partial charge in [-0.05, 0) is 38.8 Å². The van der Waals surface area contributed by atoms with Crippen molar-refractivity contribution >= 4 is 23.1 Å². The van der Waals surface area contributed by atoms with Gasteiger partial charge in [0.2, 0.25) is 5.91 Å². The highest BCUT2D eigenvalue weighted by Crippen LogP contribution is 2.30. The summed E-state index contributed by atoms with van der Waals surface area (Å²) in [6.45, 7) is 8.60. The lowest BCUT2D eigenvalue weighted by atomic mass is 9.80. The molecule has 110 valence electrons. The smallest absolute Gasteiger partial charge is 0.234 e. The van der Waals surface area contributed by atoms with Gasteiger partial charge in [0.1, 0.15) is 0 Å². The number of nitrogens with one attached hydrogen (secondary N) is 1. The van der Waals surface area contributed by atoms with E-state index in [9.17, 15) is 4.79 Å². The number of thiocarbonyl (C=S) groups is 1. The third-order valence-corrected chi connectivity index (χ3v) is 4.77. The van der Waals surface area contributed by atoms with E-state index in [1.807, 2.05) is 0 Å². The van der Waals surface area contributed by atoms with Crippen molar-refractivity contribution in [3.8, 4) is 0 Å². The first kappa shape index (κ1) is 16.4. The molecule has 0 radical (unpaired) electrons. The molecule has 0 saturated carbocycles. The summed E-state index contributed by atoms with van der Waals surface area (Å²) < 4.78 is 0. The molecule has 0 atom stereocenters. The molecule has 0 aromatic rings. The van der Waals surface area contributed by atoms with Crippen LogP contribution in [0.1, 0.15) is 46.5 Å². The molecule has 0 bridgehead atoms. The van der Waals surface area contributed by atoms with E-state index in [0.29, 0.717) is 17.6 Å². The predicted octanol–water partition coefficient (Wildman–Crippen LogP) is 1.68. The lowest BCUT2D eigenvalue weighted by Gasteiger charge is -2.38. The Morgan fingerprint density at radius 2 is 1.89 bits per heavy atom. The zero-order chi connectivity index (χ0) is 14.5. The summed E-state index contributed by atoms with van der Waals surface area (Å²) >= 11 is 5.12. The molecule has 1 heterocycles. The molecule has 1 amide bonds. The fourth-order valence-electron chi connectivity index (χ4n) is 2.42. The van der Waals surface area contributed by atoms with E-state index >= 15 is 0 Å². The van der Waals surface area contributed by atoms with Gasteiger partial charge in [-0.25, -0.2) is 0 Å². The van der Waals surface area contributed by atoms with Crippen LogP contribution in [0.25, 0.3) is 0 Å². The highest BCUT2D eigenvalue weighted by Gasteiger charge is 2.33. The largest absolute Gasteiger partial charge is 0.393 e. The number of hydrogen-bond donors (Lipinski definition) is 2. The Morgan fingerprint density at radius 3 is 2.32 bits per heavy atom. The Hall–Kier alpha value is -0.680. The molecular weight excluding hydrogens is 258 g/mol. The van der Waals surface area contributed by atoms with Gasteiger partial charge in [0.05, 0.1) is 11.5 Å². The van der Waals surface area contributed by atoms with Gasteiger partial charge in [-0.1, -0.05) is 33.0 Å². The summed E-state index contributed by atoms with van der Waals surface area (Å²) in [5.41, 5.74) is 5.75.